The fourth-order valence-corrected chi connectivity index (χ4v) is 3.82. The van der Waals surface area contributed by atoms with Crippen molar-refractivity contribution in [3.05, 3.63) is 52.9 Å². The molecule has 1 aliphatic rings. The topological polar surface area (TPSA) is 94.2 Å². The van der Waals surface area contributed by atoms with E-state index in [4.69, 9.17) is 14.2 Å². The summed E-state index contributed by atoms with van der Waals surface area (Å²) in [6, 6.07) is 12.1. The van der Waals surface area contributed by atoms with E-state index in [2.05, 4.69) is 5.32 Å². The largest absolute Gasteiger partial charge is 0.494 e. The third-order valence-corrected chi connectivity index (χ3v) is 5.32. The molecule has 0 aromatic heterocycles. The molecule has 0 bridgehead atoms. The summed E-state index contributed by atoms with van der Waals surface area (Å²) in [5.74, 6) is 0.809. The maximum absolute atomic E-state index is 12.7. The molecule has 1 fully saturated rings. The van der Waals surface area contributed by atoms with E-state index in [0.717, 1.165) is 16.7 Å². The van der Waals surface area contributed by atoms with Crippen LogP contribution in [0.25, 0.3) is 6.08 Å². The minimum atomic E-state index is -0.519. The fourth-order valence-electron chi connectivity index (χ4n) is 2.98. The zero-order valence-corrected chi connectivity index (χ0v) is 18.9. The Morgan fingerprint density at radius 3 is 2.41 bits per heavy atom. The Kier molecular flexibility index (Phi) is 7.77. The Morgan fingerprint density at radius 1 is 1.03 bits per heavy atom. The van der Waals surface area contributed by atoms with Crippen LogP contribution in [0, 0.1) is 0 Å². The van der Waals surface area contributed by atoms with Crippen LogP contribution in [0.5, 0.6) is 17.2 Å². The predicted molar refractivity (Wildman–Crippen MR) is 123 cm³/mol. The molecule has 1 saturated heterocycles. The highest BCUT2D eigenvalue weighted by Crippen LogP contribution is 2.34. The van der Waals surface area contributed by atoms with Crippen molar-refractivity contribution in [1.29, 1.82) is 0 Å². The molecule has 2 aromatic carbocycles. The van der Waals surface area contributed by atoms with Gasteiger partial charge in [0.15, 0.2) is 11.5 Å². The standard InChI is InChI=1S/C23H24N2O6S/c1-4-30-17-9-7-16(8-10-17)24-21(26)14-25-22(27)20(32-23(25)28)13-15-6-11-18(31-5-2)19(12-15)29-3/h6-13H,4-5,14H2,1-3H3,(H,24,26)/b20-13+. The average Bonchev–Trinajstić information content (AvgIpc) is 3.03. The third kappa shape index (κ3) is 5.61. The predicted octanol–water partition coefficient (Wildman–Crippen LogP) is 4.17. The SMILES string of the molecule is CCOc1ccc(NC(=O)CN2C(=O)S/C(=C/c3ccc(OCC)c(OC)c3)C2=O)cc1. The van der Waals surface area contributed by atoms with Crippen molar-refractivity contribution < 1.29 is 28.6 Å². The molecule has 168 valence electrons. The first-order valence-electron chi connectivity index (χ1n) is 10.0. The van der Waals surface area contributed by atoms with Crippen LogP contribution in [0.2, 0.25) is 0 Å². The van der Waals surface area contributed by atoms with Crippen molar-refractivity contribution in [2.75, 3.05) is 32.2 Å². The molecular formula is C23H24N2O6S. The lowest BCUT2D eigenvalue weighted by Crippen LogP contribution is -2.36. The second-order valence-corrected chi connectivity index (χ2v) is 7.61. The van der Waals surface area contributed by atoms with Crippen LogP contribution < -0.4 is 19.5 Å². The van der Waals surface area contributed by atoms with Crippen molar-refractivity contribution in [2.24, 2.45) is 0 Å². The van der Waals surface area contributed by atoms with Gasteiger partial charge in [0.25, 0.3) is 11.1 Å². The Bertz CT molecular complexity index is 1040. The van der Waals surface area contributed by atoms with Gasteiger partial charge < -0.3 is 19.5 Å². The van der Waals surface area contributed by atoms with E-state index >= 15 is 0 Å². The Balaban J connectivity index is 1.67. The maximum Gasteiger partial charge on any atom is 0.294 e. The molecule has 3 rings (SSSR count). The van der Waals surface area contributed by atoms with Gasteiger partial charge in [0.1, 0.15) is 12.3 Å². The summed E-state index contributed by atoms with van der Waals surface area (Å²) in [5.41, 5.74) is 1.22. The van der Waals surface area contributed by atoms with Gasteiger partial charge in [0.05, 0.1) is 25.2 Å². The molecule has 9 heteroatoms. The smallest absolute Gasteiger partial charge is 0.294 e. The third-order valence-electron chi connectivity index (χ3n) is 4.41. The first-order valence-corrected chi connectivity index (χ1v) is 10.9. The van der Waals surface area contributed by atoms with Gasteiger partial charge in [0, 0.05) is 5.69 Å². The van der Waals surface area contributed by atoms with Gasteiger partial charge in [-0.25, -0.2) is 0 Å². The molecule has 32 heavy (non-hydrogen) atoms. The summed E-state index contributed by atoms with van der Waals surface area (Å²) >= 11 is 0.790. The molecule has 1 aliphatic heterocycles. The van der Waals surface area contributed by atoms with Crippen LogP contribution in [0.3, 0.4) is 0 Å². The number of ether oxygens (including phenoxy) is 3. The van der Waals surface area contributed by atoms with E-state index < -0.39 is 17.1 Å². The van der Waals surface area contributed by atoms with Crippen LogP contribution in [0.15, 0.2) is 47.4 Å². The van der Waals surface area contributed by atoms with Crippen LogP contribution in [0.1, 0.15) is 19.4 Å². The summed E-state index contributed by atoms with van der Waals surface area (Å²) in [7, 11) is 1.53. The van der Waals surface area contributed by atoms with Gasteiger partial charge in [-0.3, -0.25) is 19.3 Å². The molecule has 0 saturated carbocycles. The summed E-state index contributed by atoms with van der Waals surface area (Å²) in [6.07, 6.45) is 1.59. The number of rotatable bonds is 9. The minimum absolute atomic E-state index is 0.232. The molecule has 0 aliphatic carbocycles. The van der Waals surface area contributed by atoms with E-state index in [0.29, 0.717) is 41.7 Å². The molecule has 0 spiro atoms. The number of amides is 3. The van der Waals surface area contributed by atoms with Crippen molar-refractivity contribution in [3.63, 3.8) is 0 Å². The molecule has 1 heterocycles. The number of carbonyl (C=O) groups is 3. The molecule has 1 N–H and O–H groups in total. The highest BCUT2D eigenvalue weighted by atomic mass is 32.2. The molecule has 0 unspecified atom stereocenters. The number of nitrogens with one attached hydrogen (secondary N) is 1. The number of hydrogen-bond donors (Lipinski definition) is 1. The average molecular weight is 457 g/mol. The van der Waals surface area contributed by atoms with Gasteiger partial charge in [-0.15, -0.1) is 0 Å². The van der Waals surface area contributed by atoms with Gasteiger partial charge in [0.2, 0.25) is 5.91 Å². The van der Waals surface area contributed by atoms with Crippen molar-refractivity contribution in [1.82, 2.24) is 4.90 Å². The van der Waals surface area contributed by atoms with Gasteiger partial charge in [-0.05, 0) is 73.6 Å². The first kappa shape index (κ1) is 23.2. The quantitative estimate of drug-likeness (QED) is 0.566. The highest BCUT2D eigenvalue weighted by Gasteiger charge is 2.36. The van der Waals surface area contributed by atoms with Gasteiger partial charge >= 0.3 is 0 Å². The van der Waals surface area contributed by atoms with Crippen molar-refractivity contribution in [3.8, 4) is 17.2 Å². The molecule has 3 amide bonds. The molecular weight excluding hydrogens is 432 g/mol. The Hall–Kier alpha value is -3.46. The number of thioether (sulfide) groups is 1. The normalized spacial score (nSPS) is 14.6. The number of hydrogen-bond acceptors (Lipinski definition) is 7. The lowest BCUT2D eigenvalue weighted by Gasteiger charge is -2.13. The van der Waals surface area contributed by atoms with Gasteiger partial charge in [-0.1, -0.05) is 6.07 Å². The maximum atomic E-state index is 12.7. The van der Waals surface area contributed by atoms with Crippen molar-refractivity contribution in [2.45, 2.75) is 13.8 Å². The number of imide groups is 1. The van der Waals surface area contributed by atoms with E-state index in [1.54, 1.807) is 48.5 Å². The summed E-state index contributed by atoms with van der Waals surface area (Å²) in [6.45, 7) is 4.42. The number of methoxy groups -OCH3 is 1. The monoisotopic (exact) mass is 456 g/mol. The zero-order chi connectivity index (χ0) is 23.1. The summed E-state index contributed by atoms with van der Waals surface area (Å²) in [5, 5.41) is 2.18. The summed E-state index contributed by atoms with van der Waals surface area (Å²) < 4.78 is 16.2. The number of anilines is 1. The number of nitrogens with zero attached hydrogens (tertiary/aromatic N) is 1. The lowest BCUT2D eigenvalue weighted by molar-refractivity contribution is -0.127. The van der Waals surface area contributed by atoms with E-state index in [1.165, 1.54) is 7.11 Å². The van der Waals surface area contributed by atoms with Crippen LogP contribution >= 0.6 is 11.8 Å². The van der Waals surface area contributed by atoms with E-state index in [9.17, 15) is 14.4 Å². The molecule has 2 aromatic rings. The number of benzene rings is 2. The van der Waals surface area contributed by atoms with Crippen molar-refractivity contribution >= 4 is 40.6 Å². The van der Waals surface area contributed by atoms with Crippen LogP contribution in [0.4, 0.5) is 10.5 Å². The Morgan fingerprint density at radius 2 is 1.75 bits per heavy atom. The first-order chi connectivity index (χ1) is 15.4. The summed E-state index contributed by atoms with van der Waals surface area (Å²) in [4.78, 5) is 38.6. The second-order valence-electron chi connectivity index (χ2n) is 6.62. The molecule has 0 atom stereocenters. The minimum Gasteiger partial charge on any atom is -0.494 e. The van der Waals surface area contributed by atoms with E-state index in [-0.39, 0.29) is 11.4 Å². The highest BCUT2D eigenvalue weighted by molar-refractivity contribution is 8.18. The molecule has 8 nitrogen and oxygen atoms in total. The fraction of sp³-hybridized carbons (Fsp3) is 0.261. The van der Waals surface area contributed by atoms with E-state index in [1.807, 2.05) is 13.8 Å². The van der Waals surface area contributed by atoms with Gasteiger partial charge in [-0.2, -0.15) is 0 Å². The van der Waals surface area contributed by atoms with Crippen LogP contribution in [-0.4, -0.2) is 48.8 Å². The number of carbonyl (C=O) groups excluding carboxylic acids is 3. The Labute approximate surface area is 190 Å². The zero-order valence-electron chi connectivity index (χ0n) is 18.0. The lowest BCUT2D eigenvalue weighted by atomic mass is 10.2. The molecule has 0 radical (unpaired) electrons. The second kappa shape index (κ2) is 10.7. The van der Waals surface area contributed by atoms with Crippen LogP contribution in [-0.2, 0) is 9.59 Å².